The van der Waals surface area contributed by atoms with E-state index in [0.717, 1.165) is 37.4 Å². The second-order valence-electron chi connectivity index (χ2n) is 5.12. The smallest absolute Gasteiger partial charge is 0.0706 e. The zero-order valence-corrected chi connectivity index (χ0v) is 11.1. The van der Waals surface area contributed by atoms with Gasteiger partial charge in [0.15, 0.2) is 0 Å². The zero-order chi connectivity index (χ0) is 12.5. The third-order valence-electron chi connectivity index (χ3n) is 3.68. The predicted octanol–water partition coefficient (Wildman–Crippen LogP) is 2.30. The Bertz CT molecular complexity index is 557. The number of benzene rings is 1. The van der Waals surface area contributed by atoms with Gasteiger partial charge in [-0.2, -0.15) is 0 Å². The first kappa shape index (κ1) is 11.5. The summed E-state index contributed by atoms with van der Waals surface area (Å²) in [4.78, 5) is 9.38. The first-order valence-electron chi connectivity index (χ1n) is 6.53. The molecule has 18 heavy (non-hydrogen) atoms. The Hall–Kier alpha value is -1.61. The molecule has 0 spiro atoms. The number of nitrogens with zero attached hydrogens (tertiary/aromatic N) is 3. The summed E-state index contributed by atoms with van der Waals surface area (Å²) in [5, 5.41) is 1.23. The Morgan fingerprint density at radius 2 is 1.78 bits per heavy atom. The molecule has 2 aromatic rings. The largest absolute Gasteiger partial charge is 0.369 e. The Morgan fingerprint density at radius 3 is 2.56 bits per heavy atom. The van der Waals surface area contributed by atoms with Gasteiger partial charge >= 0.3 is 0 Å². The lowest BCUT2D eigenvalue weighted by molar-refractivity contribution is 0.313. The summed E-state index contributed by atoms with van der Waals surface area (Å²) in [5.74, 6) is 0. The van der Waals surface area contributed by atoms with E-state index in [1.807, 2.05) is 6.92 Å². The van der Waals surface area contributed by atoms with Gasteiger partial charge in [0.25, 0.3) is 0 Å². The van der Waals surface area contributed by atoms with Gasteiger partial charge in [-0.15, -0.1) is 0 Å². The Labute approximate surface area is 108 Å². The molecule has 0 atom stereocenters. The summed E-state index contributed by atoms with van der Waals surface area (Å²) in [7, 11) is 2.18. The maximum Gasteiger partial charge on any atom is 0.0706 e. The van der Waals surface area contributed by atoms with Crippen LogP contribution in [0, 0.1) is 6.92 Å². The first-order valence-corrected chi connectivity index (χ1v) is 6.53. The minimum atomic E-state index is 1.08. The number of aryl methyl sites for hydroxylation is 1. The van der Waals surface area contributed by atoms with Crippen LogP contribution in [0.1, 0.15) is 5.69 Å². The van der Waals surface area contributed by atoms with E-state index in [0.29, 0.717) is 0 Å². The molecule has 1 aliphatic rings. The van der Waals surface area contributed by atoms with Gasteiger partial charge in [0.05, 0.1) is 5.52 Å². The van der Waals surface area contributed by atoms with Crippen molar-refractivity contribution in [2.75, 3.05) is 38.1 Å². The molecule has 0 bridgehead atoms. The summed E-state index contributed by atoms with van der Waals surface area (Å²) in [6.07, 6.45) is 0. The van der Waals surface area contributed by atoms with E-state index in [9.17, 15) is 0 Å². The minimum Gasteiger partial charge on any atom is -0.369 e. The molecule has 3 rings (SSSR count). The highest BCUT2D eigenvalue weighted by Crippen LogP contribution is 2.22. The Morgan fingerprint density at radius 1 is 1.00 bits per heavy atom. The van der Waals surface area contributed by atoms with Crippen molar-refractivity contribution in [2.45, 2.75) is 6.92 Å². The van der Waals surface area contributed by atoms with E-state index in [4.69, 9.17) is 0 Å². The highest BCUT2D eigenvalue weighted by atomic mass is 15.2. The number of aromatic nitrogens is 1. The third-order valence-corrected chi connectivity index (χ3v) is 3.68. The quantitative estimate of drug-likeness (QED) is 0.763. The fourth-order valence-corrected chi connectivity index (χ4v) is 2.48. The molecule has 1 aromatic carbocycles. The van der Waals surface area contributed by atoms with Gasteiger partial charge in [0, 0.05) is 42.9 Å². The first-order chi connectivity index (χ1) is 8.72. The second-order valence-corrected chi connectivity index (χ2v) is 5.12. The van der Waals surface area contributed by atoms with Gasteiger partial charge in [-0.05, 0) is 38.2 Å². The number of rotatable bonds is 1. The van der Waals surface area contributed by atoms with Crippen LogP contribution in [0.5, 0.6) is 0 Å². The van der Waals surface area contributed by atoms with E-state index in [2.05, 4.69) is 52.2 Å². The van der Waals surface area contributed by atoms with E-state index < -0.39 is 0 Å². The van der Waals surface area contributed by atoms with Crippen molar-refractivity contribution in [3.8, 4) is 0 Å². The third kappa shape index (κ3) is 2.18. The van der Waals surface area contributed by atoms with Crippen LogP contribution in [0.4, 0.5) is 5.69 Å². The van der Waals surface area contributed by atoms with Crippen LogP contribution in [0.3, 0.4) is 0 Å². The van der Waals surface area contributed by atoms with Crippen LogP contribution in [-0.4, -0.2) is 43.1 Å². The minimum absolute atomic E-state index is 1.08. The lowest BCUT2D eigenvalue weighted by atomic mass is 10.1. The van der Waals surface area contributed by atoms with E-state index in [-0.39, 0.29) is 0 Å². The normalized spacial score (nSPS) is 17.3. The van der Waals surface area contributed by atoms with Gasteiger partial charge in [-0.25, -0.2) is 0 Å². The maximum atomic E-state index is 4.55. The van der Waals surface area contributed by atoms with E-state index in [1.54, 1.807) is 0 Å². The van der Waals surface area contributed by atoms with Crippen molar-refractivity contribution in [2.24, 2.45) is 0 Å². The molecular formula is C15H19N3. The summed E-state index contributed by atoms with van der Waals surface area (Å²) in [6, 6.07) is 10.8. The number of hydrogen-bond donors (Lipinski definition) is 0. The van der Waals surface area contributed by atoms with Gasteiger partial charge in [0.1, 0.15) is 0 Å². The fourth-order valence-electron chi connectivity index (χ4n) is 2.48. The molecule has 1 aromatic heterocycles. The van der Waals surface area contributed by atoms with Crippen molar-refractivity contribution in [3.63, 3.8) is 0 Å². The second kappa shape index (κ2) is 4.58. The highest BCUT2D eigenvalue weighted by molar-refractivity contribution is 5.82. The molecule has 0 amide bonds. The molecule has 2 heterocycles. The number of anilines is 1. The van der Waals surface area contributed by atoms with E-state index in [1.165, 1.54) is 11.1 Å². The Balaban J connectivity index is 1.91. The van der Waals surface area contributed by atoms with Crippen LogP contribution in [0.25, 0.3) is 10.9 Å². The number of pyridine rings is 1. The van der Waals surface area contributed by atoms with Crippen molar-refractivity contribution in [3.05, 3.63) is 36.0 Å². The lowest BCUT2D eigenvalue weighted by Crippen LogP contribution is -2.44. The molecular weight excluding hydrogens is 222 g/mol. The summed E-state index contributed by atoms with van der Waals surface area (Å²) in [6.45, 7) is 6.55. The van der Waals surface area contributed by atoms with Crippen molar-refractivity contribution >= 4 is 16.6 Å². The highest BCUT2D eigenvalue weighted by Gasteiger charge is 2.14. The summed E-state index contributed by atoms with van der Waals surface area (Å²) in [5.41, 5.74) is 3.49. The molecule has 1 aliphatic heterocycles. The van der Waals surface area contributed by atoms with Gasteiger partial charge in [-0.3, -0.25) is 4.98 Å². The van der Waals surface area contributed by atoms with Crippen LogP contribution in [0.15, 0.2) is 30.3 Å². The molecule has 3 nitrogen and oxygen atoms in total. The predicted molar refractivity (Wildman–Crippen MR) is 76.2 cm³/mol. The van der Waals surface area contributed by atoms with Crippen LogP contribution >= 0.6 is 0 Å². The molecule has 0 radical (unpaired) electrons. The topological polar surface area (TPSA) is 19.4 Å². The molecule has 1 fully saturated rings. The van der Waals surface area contributed by atoms with Crippen LogP contribution in [0.2, 0.25) is 0 Å². The van der Waals surface area contributed by atoms with Crippen LogP contribution in [-0.2, 0) is 0 Å². The number of fused-ring (bicyclic) bond motifs is 1. The molecule has 1 saturated heterocycles. The number of piperazine rings is 1. The molecule has 0 unspecified atom stereocenters. The van der Waals surface area contributed by atoms with Crippen LogP contribution < -0.4 is 4.90 Å². The molecule has 94 valence electrons. The maximum absolute atomic E-state index is 4.55. The average Bonchev–Trinajstić information content (AvgIpc) is 2.39. The average molecular weight is 241 g/mol. The molecule has 0 aliphatic carbocycles. The van der Waals surface area contributed by atoms with Gasteiger partial charge < -0.3 is 9.80 Å². The molecule has 3 heteroatoms. The fraction of sp³-hybridized carbons (Fsp3) is 0.400. The monoisotopic (exact) mass is 241 g/mol. The Kier molecular flexibility index (Phi) is 2.92. The number of hydrogen-bond acceptors (Lipinski definition) is 3. The summed E-state index contributed by atoms with van der Waals surface area (Å²) < 4.78 is 0. The van der Waals surface area contributed by atoms with E-state index >= 15 is 0 Å². The number of likely N-dealkylation sites (N-methyl/N-ethyl adjacent to an activating group) is 1. The van der Waals surface area contributed by atoms with Gasteiger partial charge in [-0.1, -0.05) is 6.07 Å². The molecule has 0 saturated carbocycles. The van der Waals surface area contributed by atoms with Gasteiger partial charge in [0.2, 0.25) is 0 Å². The SMILES string of the molecule is Cc1ccc2cc(N3CCN(C)CC3)ccc2n1. The molecule has 0 N–H and O–H groups in total. The van der Waals surface area contributed by atoms with Crippen molar-refractivity contribution in [1.29, 1.82) is 0 Å². The standard InChI is InChI=1S/C15H19N3/c1-12-3-4-13-11-14(5-6-15(13)16-12)18-9-7-17(2)8-10-18/h3-6,11H,7-10H2,1-2H3. The lowest BCUT2D eigenvalue weighted by Gasteiger charge is -2.34. The zero-order valence-electron chi connectivity index (χ0n) is 11.1. The van der Waals surface area contributed by atoms with Crippen molar-refractivity contribution in [1.82, 2.24) is 9.88 Å². The van der Waals surface area contributed by atoms with Crippen molar-refractivity contribution < 1.29 is 0 Å². The summed E-state index contributed by atoms with van der Waals surface area (Å²) >= 11 is 0.